The molecule has 1 aromatic carbocycles. The van der Waals surface area contributed by atoms with E-state index in [0.29, 0.717) is 5.69 Å². The highest BCUT2D eigenvalue weighted by molar-refractivity contribution is 6.22. The van der Waals surface area contributed by atoms with Crippen LogP contribution in [0.5, 0.6) is 0 Å². The first kappa shape index (κ1) is 13.2. The van der Waals surface area contributed by atoms with Gasteiger partial charge in [-0.2, -0.15) is 0 Å². The average molecular weight is 296 g/mol. The average Bonchev–Trinajstić information content (AvgIpc) is 3.11. The molecule has 112 valence electrons. The van der Waals surface area contributed by atoms with Crippen molar-refractivity contribution in [1.82, 2.24) is 0 Å². The molecule has 5 heteroatoms. The normalized spacial score (nSPS) is 32.4. The third-order valence-corrected chi connectivity index (χ3v) is 5.24. The van der Waals surface area contributed by atoms with Gasteiger partial charge in [-0.3, -0.25) is 14.5 Å². The van der Waals surface area contributed by atoms with Crippen molar-refractivity contribution >= 4 is 23.5 Å². The van der Waals surface area contributed by atoms with E-state index >= 15 is 0 Å². The fourth-order valence-electron chi connectivity index (χ4n) is 4.28. The second-order valence-corrected chi connectivity index (χ2v) is 6.31. The number of benzene rings is 1. The van der Waals surface area contributed by atoms with Crippen molar-refractivity contribution in [2.45, 2.75) is 13.3 Å². The lowest BCUT2D eigenvalue weighted by atomic mass is 9.82. The zero-order chi connectivity index (χ0) is 15.6. The molecule has 2 bridgehead atoms. The minimum absolute atomic E-state index is 0.0284. The summed E-state index contributed by atoms with van der Waals surface area (Å²) in [7, 11) is 0. The molecular formula is C17H14NO4-. The van der Waals surface area contributed by atoms with Crippen molar-refractivity contribution in [1.29, 1.82) is 0 Å². The monoisotopic (exact) mass is 296 g/mol. The Hall–Kier alpha value is -2.43. The van der Waals surface area contributed by atoms with E-state index in [-0.39, 0.29) is 41.0 Å². The van der Waals surface area contributed by atoms with Crippen LogP contribution in [0, 0.1) is 23.7 Å². The van der Waals surface area contributed by atoms with Crippen LogP contribution < -0.4 is 10.0 Å². The highest BCUT2D eigenvalue weighted by Crippen LogP contribution is 2.55. The number of rotatable bonds is 2. The van der Waals surface area contributed by atoms with Gasteiger partial charge in [-0.05, 0) is 42.9 Å². The molecule has 1 saturated heterocycles. The molecule has 3 aliphatic rings. The second kappa shape index (κ2) is 4.29. The predicted molar refractivity (Wildman–Crippen MR) is 75.6 cm³/mol. The number of fused-ring (bicyclic) bond motifs is 5. The number of carboxylic acid groups (broad SMARTS) is 1. The number of hydrogen-bond donors (Lipinski definition) is 0. The van der Waals surface area contributed by atoms with Gasteiger partial charge in [0, 0.05) is 0 Å². The zero-order valence-corrected chi connectivity index (χ0v) is 12.0. The van der Waals surface area contributed by atoms with Gasteiger partial charge in [0.15, 0.2) is 0 Å². The molecule has 1 heterocycles. The van der Waals surface area contributed by atoms with Crippen molar-refractivity contribution < 1.29 is 19.5 Å². The molecule has 1 aromatic rings. The van der Waals surface area contributed by atoms with Gasteiger partial charge in [0.2, 0.25) is 11.8 Å². The molecule has 0 unspecified atom stereocenters. The summed E-state index contributed by atoms with van der Waals surface area (Å²) >= 11 is 0. The summed E-state index contributed by atoms with van der Waals surface area (Å²) in [6.45, 7) is 2.02. The number of aromatic carboxylic acids is 1. The van der Waals surface area contributed by atoms with Crippen LogP contribution >= 0.6 is 0 Å². The van der Waals surface area contributed by atoms with Crippen LogP contribution in [0.3, 0.4) is 0 Å². The Bertz CT molecular complexity index is 734. The van der Waals surface area contributed by atoms with Gasteiger partial charge in [0.25, 0.3) is 0 Å². The van der Waals surface area contributed by atoms with Crippen LogP contribution in [0.25, 0.3) is 0 Å². The zero-order valence-electron chi connectivity index (χ0n) is 12.0. The number of amides is 2. The first-order valence-corrected chi connectivity index (χ1v) is 7.36. The molecular weight excluding hydrogens is 282 g/mol. The maximum Gasteiger partial charge on any atom is 0.238 e. The number of allylic oxidation sites excluding steroid dienone is 2. The Labute approximate surface area is 127 Å². The van der Waals surface area contributed by atoms with Gasteiger partial charge in [-0.1, -0.05) is 23.8 Å². The fourth-order valence-corrected chi connectivity index (χ4v) is 4.28. The van der Waals surface area contributed by atoms with Gasteiger partial charge >= 0.3 is 0 Å². The van der Waals surface area contributed by atoms with Crippen LogP contribution in [0.15, 0.2) is 35.9 Å². The summed E-state index contributed by atoms with van der Waals surface area (Å²) in [5.41, 5.74) is 1.67. The molecule has 22 heavy (non-hydrogen) atoms. The first-order chi connectivity index (χ1) is 10.5. The number of imide groups is 1. The highest BCUT2D eigenvalue weighted by atomic mass is 16.4. The van der Waals surface area contributed by atoms with Crippen molar-refractivity contribution in [3.8, 4) is 0 Å². The van der Waals surface area contributed by atoms with Gasteiger partial charge in [-0.15, -0.1) is 0 Å². The van der Waals surface area contributed by atoms with E-state index in [9.17, 15) is 19.5 Å². The topological polar surface area (TPSA) is 77.5 Å². The van der Waals surface area contributed by atoms with E-state index in [2.05, 4.69) is 6.08 Å². The van der Waals surface area contributed by atoms with Crippen LogP contribution in [-0.2, 0) is 9.59 Å². The maximum absolute atomic E-state index is 12.7. The lowest BCUT2D eigenvalue weighted by Crippen LogP contribution is -2.33. The molecule has 1 aliphatic heterocycles. The summed E-state index contributed by atoms with van der Waals surface area (Å²) in [5, 5.41) is 10.8. The molecule has 2 aliphatic carbocycles. The van der Waals surface area contributed by atoms with E-state index in [1.807, 2.05) is 6.92 Å². The van der Waals surface area contributed by atoms with Crippen LogP contribution in [0.4, 0.5) is 5.69 Å². The van der Waals surface area contributed by atoms with E-state index in [0.717, 1.165) is 6.42 Å². The van der Waals surface area contributed by atoms with E-state index < -0.39 is 5.97 Å². The Kier molecular flexibility index (Phi) is 2.58. The minimum atomic E-state index is -1.28. The fraction of sp³-hybridized carbons (Fsp3) is 0.353. The van der Waals surface area contributed by atoms with Crippen molar-refractivity contribution in [2.24, 2.45) is 23.7 Å². The van der Waals surface area contributed by atoms with Crippen LogP contribution in [0.1, 0.15) is 23.7 Å². The Morgan fingerprint density at radius 2 is 1.77 bits per heavy atom. The first-order valence-electron chi connectivity index (χ1n) is 7.36. The van der Waals surface area contributed by atoms with Crippen molar-refractivity contribution in [3.05, 3.63) is 41.5 Å². The predicted octanol–water partition coefficient (Wildman–Crippen LogP) is 0.752. The number of anilines is 1. The largest absolute Gasteiger partial charge is 0.545 e. The smallest absolute Gasteiger partial charge is 0.238 e. The van der Waals surface area contributed by atoms with E-state index in [1.165, 1.54) is 34.7 Å². The van der Waals surface area contributed by atoms with Crippen molar-refractivity contribution in [2.75, 3.05) is 4.90 Å². The van der Waals surface area contributed by atoms with Gasteiger partial charge < -0.3 is 9.90 Å². The number of carbonyl (C=O) groups excluding carboxylic acids is 3. The van der Waals surface area contributed by atoms with E-state index in [1.54, 1.807) is 0 Å². The van der Waals surface area contributed by atoms with E-state index in [4.69, 9.17) is 0 Å². The quantitative estimate of drug-likeness (QED) is 0.596. The minimum Gasteiger partial charge on any atom is -0.545 e. The van der Waals surface area contributed by atoms with Gasteiger partial charge in [-0.25, -0.2) is 0 Å². The molecule has 0 spiro atoms. The summed E-state index contributed by atoms with van der Waals surface area (Å²) in [6.07, 6.45) is 3.02. The number of carbonyl (C=O) groups is 3. The molecule has 2 amide bonds. The Morgan fingerprint density at radius 1 is 1.14 bits per heavy atom. The molecule has 4 rings (SSSR count). The maximum atomic E-state index is 12.7. The van der Waals surface area contributed by atoms with Gasteiger partial charge in [0.1, 0.15) is 0 Å². The lowest BCUT2D eigenvalue weighted by Gasteiger charge is -2.19. The molecule has 5 nitrogen and oxygen atoms in total. The lowest BCUT2D eigenvalue weighted by molar-refractivity contribution is -0.255. The molecule has 0 aromatic heterocycles. The summed E-state index contributed by atoms with van der Waals surface area (Å²) < 4.78 is 0. The summed E-state index contributed by atoms with van der Waals surface area (Å²) in [5.74, 6) is -1.74. The third kappa shape index (κ3) is 1.56. The molecule has 1 saturated carbocycles. The number of nitrogens with zero attached hydrogens (tertiary/aromatic N) is 1. The standard InChI is InChI=1S/C17H15NO4/c1-8-6-10-7-12(8)14-13(10)15(19)18(16(14)20)11-4-2-9(3-5-11)17(21)22/h2-6,10,12-14H,7H2,1H3,(H,21,22)/p-1/t10-,12-,13-,14-/m1/s1. The molecule has 0 N–H and O–H groups in total. The van der Waals surface area contributed by atoms with Gasteiger partial charge in [0.05, 0.1) is 23.5 Å². The molecule has 4 atom stereocenters. The third-order valence-electron chi connectivity index (χ3n) is 5.24. The van der Waals surface area contributed by atoms with Crippen molar-refractivity contribution in [3.63, 3.8) is 0 Å². The highest BCUT2D eigenvalue weighted by Gasteiger charge is 2.60. The molecule has 0 radical (unpaired) electrons. The summed E-state index contributed by atoms with van der Waals surface area (Å²) in [4.78, 5) is 37.4. The Morgan fingerprint density at radius 3 is 2.41 bits per heavy atom. The molecule has 2 fully saturated rings. The van der Waals surface area contributed by atoms with Crippen LogP contribution in [-0.4, -0.2) is 17.8 Å². The summed E-state index contributed by atoms with van der Waals surface area (Å²) in [6, 6.07) is 5.70. The number of hydrogen-bond acceptors (Lipinski definition) is 4. The second-order valence-electron chi connectivity index (χ2n) is 6.31. The Balaban J connectivity index is 1.69. The van der Waals surface area contributed by atoms with Crippen LogP contribution in [0.2, 0.25) is 0 Å². The number of carboxylic acids is 1. The SMILES string of the molecule is CC1=C[C@@H]2C[C@H]1[C@H]1C(=O)N(c3ccc(C(=O)[O-])cc3)C(=O)[C@@H]12.